The van der Waals surface area contributed by atoms with Crippen molar-refractivity contribution < 1.29 is 18.9 Å². The van der Waals surface area contributed by atoms with E-state index in [0.29, 0.717) is 38.2 Å². The van der Waals surface area contributed by atoms with Gasteiger partial charge in [-0.05, 0) is 54.3 Å². The van der Waals surface area contributed by atoms with E-state index in [1.54, 1.807) is 14.2 Å². The van der Waals surface area contributed by atoms with Crippen LogP contribution in [0.3, 0.4) is 0 Å². The molecule has 0 unspecified atom stereocenters. The van der Waals surface area contributed by atoms with Gasteiger partial charge in [0, 0.05) is 93.8 Å². The lowest BCUT2D eigenvalue weighted by atomic mass is 10.1. The third kappa shape index (κ3) is 8.32. The van der Waals surface area contributed by atoms with Crippen LogP contribution in [0.15, 0.2) is 79.3 Å². The molecule has 14 nitrogen and oxygen atoms in total. The maximum atomic E-state index is 5.70. The predicted molar refractivity (Wildman–Crippen MR) is 217 cm³/mol. The number of anilines is 5. The van der Waals surface area contributed by atoms with Gasteiger partial charge in [-0.2, -0.15) is 4.98 Å². The first-order valence-corrected chi connectivity index (χ1v) is 19.5. The summed E-state index contributed by atoms with van der Waals surface area (Å²) in [5, 5.41) is 4.66. The molecule has 5 aromatic rings. The van der Waals surface area contributed by atoms with Crippen molar-refractivity contribution in [2.24, 2.45) is 0 Å². The second kappa shape index (κ2) is 17.5. The molecule has 0 radical (unpaired) electrons. The fourth-order valence-electron chi connectivity index (χ4n) is 7.47. The summed E-state index contributed by atoms with van der Waals surface area (Å²) in [6, 6.07) is 20.5. The van der Waals surface area contributed by atoms with Gasteiger partial charge in [0.15, 0.2) is 0 Å². The van der Waals surface area contributed by atoms with Crippen molar-refractivity contribution in [1.82, 2.24) is 29.9 Å². The van der Waals surface area contributed by atoms with Crippen LogP contribution in [0, 0.1) is 0 Å². The van der Waals surface area contributed by atoms with Crippen LogP contribution in [-0.2, 0) is 29.0 Å². The monoisotopic (exact) mass is 758 g/mol. The van der Waals surface area contributed by atoms with Crippen molar-refractivity contribution in [2.45, 2.75) is 32.9 Å². The van der Waals surface area contributed by atoms with Crippen molar-refractivity contribution in [2.75, 3.05) is 99.6 Å². The largest absolute Gasteiger partial charge is 0.497 e. The fraction of sp³-hybridized carbons (Fsp3) is 0.405. The number of nitrogens with zero attached hydrogens (tertiary/aromatic N) is 10. The number of pyridine rings is 1. The van der Waals surface area contributed by atoms with Gasteiger partial charge in [-0.15, -0.1) is 0 Å². The zero-order chi connectivity index (χ0) is 38.3. The minimum atomic E-state index is 0.615. The molecule has 8 rings (SSSR count). The third-order valence-corrected chi connectivity index (χ3v) is 10.4. The smallest absolute Gasteiger partial charge is 0.228 e. The highest BCUT2D eigenvalue weighted by atomic mass is 16.5. The highest BCUT2D eigenvalue weighted by Gasteiger charge is 2.30. The number of benzene rings is 2. The molecule has 0 saturated carbocycles. The maximum Gasteiger partial charge on any atom is 0.228 e. The average molecular weight is 759 g/mol. The molecule has 3 aliphatic rings. The average Bonchev–Trinajstić information content (AvgIpc) is 3.70. The Balaban J connectivity index is 1.12. The molecule has 2 fully saturated rings. The van der Waals surface area contributed by atoms with Crippen LogP contribution in [0.2, 0.25) is 0 Å². The number of hydrogen-bond donors (Lipinski definition) is 0. The summed E-state index contributed by atoms with van der Waals surface area (Å²) in [5.41, 5.74) is 6.10. The Labute approximate surface area is 328 Å². The number of hydrogen-bond acceptors (Lipinski definition) is 14. The summed E-state index contributed by atoms with van der Waals surface area (Å²) < 4.78 is 22.2. The summed E-state index contributed by atoms with van der Waals surface area (Å²) >= 11 is 0. The number of hydrazine groups is 1. The Morgan fingerprint density at radius 1 is 0.732 bits per heavy atom. The molecule has 0 spiro atoms. The number of aromatic nitrogens is 5. The van der Waals surface area contributed by atoms with Crippen LogP contribution >= 0.6 is 0 Å². The molecule has 14 heteroatoms. The molecular weight excluding hydrogens is 709 g/mol. The highest BCUT2D eigenvalue weighted by Crippen LogP contribution is 2.40. The lowest BCUT2D eigenvalue weighted by Gasteiger charge is -2.38. The molecule has 0 amide bonds. The normalized spacial score (nSPS) is 15.8. The van der Waals surface area contributed by atoms with E-state index in [1.165, 1.54) is 0 Å². The van der Waals surface area contributed by atoms with Crippen molar-refractivity contribution in [3.63, 3.8) is 0 Å². The minimum absolute atomic E-state index is 0.615. The molecule has 3 aromatic heterocycles. The quantitative estimate of drug-likeness (QED) is 0.141. The summed E-state index contributed by atoms with van der Waals surface area (Å²) in [6.07, 6.45) is 7.52. The van der Waals surface area contributed by atoms with Gasteiger partial charge in [0.2, 0.25) is 11.9 Å². The van der Waals surface area contributed by atoms with Gasteiger partial charge >= 0.3 is 0 Å². The standard InChI is InChI=1S/C42H50N10O4/c1-4-16-52(50-20-24-56-25-21-50)38-26-34(13-15-43-38)51-17-14-37-39(46-42(47-40(37)51)48-18-22-55-23-19-48)33-27-44-41(45-28-33)49(29-31-5-9-35(53-2)10-6-31)30-32-7-11-36(54-3)12-8-32/h5-13,15,26-28H,4,14,16-25,29-30H2,1-3H3. The van der Waals surface area contributed by atoms with Crippen LogP contribution in [0.5, 0.6) is 11.5 Å². The number of rotatable bonds is 14. The van der Waals surface area contributed by atoms with E-state index in [4.69, 9.17) is 43.9 Å². The Morgan fingerprint density at radius 2 is 1.36 bits per heavy atom. The molecule has 292 valence electrons. The van der Waals surface area contributed by atoms with Gasteiger partial charge in [0.25, 0.3) is 0 Å². The second-order valence-electron chi connectivity index (χ2n) is 14.1. The highest BCUT2D eigenvalue weighted by molar-refractivity contribution is 5.77. The predicted octanol–water partition coefficient (Wildman–Crippen LogP) is 5.55. The lowest BCUT2D eigenvalue weighted by molar-refractivity contribution is 0.0312. The van der Waals surface area contributed by atoms with Gasteiger partial charge in [-0.3, -0.25) is 5.01 Å². The van der Waals surface area contributed by atoms with E-state index in [1.807, 2.05) is 42.9 Å². The van der Waals surface area contributed by atoms with Gasteiger partial charge in [0.05, 0.1) is 46.3 Å². The van der Waals surface area contributed by atoms with Crippen molar-refractivity contribution in [3.05, 3.63) is 95.9 Å². The number of morpholine rings is 2. The molecule has 6 heterocycles. The van der Waals surface area contributed by atoms with E-state index in [9.17, 15) is 0 Å². The Hall–Kier alpha value is -5.57. The SMILES string of the molecule is CCCN(c1cc(N2CCc3c(-c4cnc(N(Cc5ccc(OC)cc5)Cc5ccc(OC)cc5)nc4)nc(N4CCOCC4)nc32)ccn1)N1CCOCC1. The number of fused-ring (bicyclic) bond motifs is 1. The second-order valence-corrected chi connectivity index (χ2v) is 14.1. The molecule has 0 bridgehead atoms. The van der Waals surface area contributed by atoms with Crippen LogP contribution < -0.4 is 29.2 Å². The first-order chi connectivity index (χ1) is 27.6. The summed E-state index contributed by atoms with van der Waals surface area (Å²) in [4.78, 5) is 32.0. The van der Waals surface area contributed by atoms with Crippen LogP contribution in [0.25, 0.3) is 11.3 Å². The molecule has 0 N–H and O–H groups in total. The molecule has 3 aliphatic heterocycles. The number of ether oxygens (including phenoxy) is 4. The van der Waals surface area contributed by atoms with E-state index < -0.39 is 0 Å². The zero-order valence-corrected chi connectivity index (χ0v) is 32.5. The third-order valence-electron chi connectivity index (χ3n) is 10.4. The minimum Gasteiger partial charge on any atom is -0.497 e. The molecule has 2 aromatic carbocycles. The molecule has 0 aliphatic carbocycles. The van der Waals surface area contributed by atoms with Crippen molar-refractivity contribution in [3.8, 4) is 22.8 Å². The van der Waals surface area contributed by atoms with Gasteiger partial charge in [0.1, 0.15) is 23.1 Å². The van der Waals surface area contributed by atoms with Crippen LogP contribution in [-0.4, -0.2) is 110 Å². The van der Waals surface area contributed by atoms with E-state index in [2.05, 4.69) is 68.0 Å². The van der Waals surface area contributed by atoms with Gasteiger partial charge in [-0.1, -0.05) is 31.2 Å². The van der Waals surface area contributed by atoms with Crippen LogP contribution in [0.1, 0.15) is 30.0 Å². The summed E-state index contributed by atoms with van der Waals surface area (Å²) in [6.45, 7) is 10.9. The molecule has 2 saturated heterocycles. The summed E-state index contributed by atoms with van der Waals surface area (Å²) in [7, 11) is 3.36. The Bertz CT molecular complexity index is 1990. The summed E-state index contributed by atoms with van der Waals surface area (Å²) in [5.74, 6) is 4.79. The van der Waals surface area contributed by atoms with E-state index in [-0.39, 0.29) is 0 Å². The first kappa shape index (κ1) is 37.4. The van der Waals surface area contributed by atoms with Crippen LogP contribution in [0.4, 0.5) is 29.2 Å². The molecule has 0 atom stereocenters. The van der Waals surface area contributed by atoms with E-state index in [0.717, 1.165) is 122 Å². The van der Waals surface area contributed by atoms with Gasteiger partial charge in [-0.25, -0.2) is 24.9 Å². The maximum absolute atomic E-state index is 5.70. The zero-order valence-electron chi connectivity index (χ0n) is 32.5. The number of methoxy groups -OCH3 is 2. The van der Waals surface area contributed by atoms with Gasteiger partial charge < -0.3 is 33.6 Å². The van der Waals surface area contributed by atoms with Crippen molar-refractivity contribution >= 4 is 29.2 Å². The lowest BCUT2D eigenvalue weighted by Crippen LogP contribution is -2.49. The Kier molecular flexibility index (Phi) is 11.7. The fourth-order valence-corrected chi connectivity index (χ4v) is 7.47. The molecular formula is C42H50N10O4. The first-order valence-electron chi connectivity index (χ1n) is 19.5. The Morgan fingerprint density at radius 3 is 1.96 bits per heavy atom. The van der Waals surface area contributed by atoms with Crippen molar-refractivity contribution in [1.29, 1.82) is 0 Å². The van der Waals surface area contributed by atoms with E-state index >= 15 is 0 Å². The molecule has 56 heavy (non-hydrogen) atoms. The topological polar surface area (TPSA) is 118 Å².